The van der Waals surface area contributed by atoms with Crippen LogP contribution in [0.2, 0.25) is 5.02 Å². The summed E-state index contributed by atoms with van der Waals surface area (Å²) < 4.78 is 0. The van der Waals surface area contributed by atoms with Gasteiger partial charge in [0.1, 0.15) is 0 Å². The van der Waals surface area contributed by atoms with Gasteiger partial charge in [0.15, 0.2) is 0 Å². The molecule has 0 aromatic heterocycles. The van der Waals surface area contributed by atoms with Gasteiger partial charge in [0, 0.05) is 34.5 Å². The third-order valence-corrected chi connectivity index (χ3v) is 6.69. The Morgan fingerprint density at radius 2 is 1.64 bits per heavy atom. The summed E-state index contributed by atoms with van der Waals surface area (Å²) >= 11 is 6.05. The fourth-order valence-corrected chi connectivity index (χ4v) is 4.78. The van der Waals surface area contributed by atoms with Crippen LogP contribution in [0.3, 0.4) is 0 Å². The fourth-order valence-electron chi connectivity index (χ4n) is 4.65. The first-order valence-corrected chi connectivity index (χ1v) is 11.9. The predicted octanol–water partition coefficient (Wildman–Crippen LogP) is 6.48. The maximum atomic E-state index is 13.7. The average molecular weight is 461 g/mol. The normalized spacial score (nSPS) is 17.4. The topological polar surface area (TPSA) is 40.6 Å². The van der Waals surface area contributed by atoms with E-state index < -0.39 is 0 Å². The molecule has 0 saturated heterocycles. The van der Waals surface area contributed by atoms with Crippen molar-refractivity contribution < 1.29 is 9.59 Å². The zero-order valence-electron chi connectivity index (χ0n) is 19.3. The van der Waals surface area contributed by atoms with Crippen LogP contribution in [0, 0.1) is 0 Å². The Bertz CT molecular complexity index is 1140. The molecule has 0 N–H and O–H groups in total. The molecule has 1 aliphatic rings. The molecule has 3 aromatic carbocycles. The maximum Gasteiger partial charge on any atom is 0.258 e. The number of carbonyl (C=O) groups is 2. The number of anilines is 2. The first-order chi connectivity index (χ1) is 15.9. The molecule has 0 aliphatic carbocycles. The third kappa shape index (κ3) is 4.53. The second-order valence-electron chi connectivity index (χ2n) is 8.48. The predicted molar refractivity (Wildman–Crippen MR) is 135 cm³/mol. The van der Waals surface area contributed by atoms with E-state index in [1.165, 1.54) is 5.56 Å². The van der Waals surface area contributed by atoms with E-state index in [-0.39, 0.29) is 23.8 Å². The Morgan fingerprint density at radius 3 is 2.27 bits per heavy atom. The Balaban J connectivity index is 1.68. The van der Waals surface area contributed by atoms with E-state index in [0.717, 1.165) is 23.4 Å². The molecule has 5 heteroatoms. The molecule has 0 radical (unpaired) electrons. The van der Waals surface area contributed by atoms with Crippen LogP contribution in [0.15, 0.2) is 72.8 Å². The van der Waals surface area contributed by atoms with E-state index in [9.17, 15) is 9.59 Å². The SMILES string of the molecule is CCc1ccc(C(=O)N2c3ccccc3C(C(=O)N(CC)c3ccc(Cl)cc3)CC2C)cc1. The number of nitrogens with zero attached hydrogens (tertiary/aromatic N) is 2. The number of likely N-dealkylation sites (N-methyl/N-ethyl adjacent to an activating group) is 1. The van der Waals surface area contributed by atoms with Crippen molar-refractivity contribution in [1.29, 1.82) is 0 Å². The Hall–Kier alpha value is -3.11. The molecule has 0 fully saturated rings. The molecule has 1 heterocycles. The largest absolute Gasteiger partial charge is 0.312 e. The number of para-hydroxylation sites is 1. The van der Waals surface area contributed by atoms with Gasteiger partial charge in [-0.05, 0) is 80.3 Å². The van der Waals surface area contributed by atoms with Crippen molar-refractivity contribution in [3.8, 4) is 0 Å². The van der Waals surface area contributed by atoms with Crippen LogP contribution in [0.25, 0.3) is 0 Å². The molecule has 33 heavy (non-hydrogen) atoms. The lowest BCUT2D eigenvalue weighted by atomic mass is 9.84. The lowest BCUT2D eigenvalue weighted by Gasteiger charge is -2.40. The molecule has 3 aromatic rings. The van der Waals surface area contributed by atoms with Gasteiger partial charge in [-0.25, -0.2) is 0 Å². The van der Waals surface area contributed by atoms with Crippen molar-refractivity contribution in [2.24, 2.45) is 0 Å². The number of benzene rings is 3. The van der Waals surface area contributed by atoms with E-state index in [4.69, 9.17) is 11.6 Å². The van der Waals surface area contributed by atoms with Crippen LogP contribution >= 0.6 is 11.6 Å². The number of fused-ring (bicyclic) bond motifs is 1. The number of amides is 2. The van der Waals surface area contributed by atoms with Gasteiger partial charge >= 0.3 is 0 Å². The first-order valence-electron chi connectivity index (χ1n) is 11.5. The Kier molecular flexibility index (Phi) is 6.85. The van der Waals surface area contributed by atoms with Gasteiger partial charge in [-0.1, -0.05) is 48.9 Å². The van der Waals surface area contributed by atoms with E-state index >= 15 is 0 Å². The summed E-state index contributed by atoms with van der Waals surface area (Å²) in [6.07, 6.45) is 1.50. The van der Waals surface area contributed by atoms with Crippen molar-refractivity contribution in [3.63, 3.8) is 0 Å². The summed E-state index contributed by atoms with van der Waals surface area (Å²) in [5, 5.41) is 0.639. The van der Waals surface area contributed by atoms with E-state index in [1.807, 2.05) is 79.4 Å². The highest BCUT2D eigenvalue weighted by Gasteiger charge is 2.38. The number of carbonyl (C=O) groups excluding carboxylic acids is 2. The van der Waals surface area contributed by atoms with E-state index in [1.54, 1.807) is 17.0 Å². The molecular formula is C28H29ClN2O2. The number of hydrogen-bond donors (Lipinski definition) is 0. The minimum atomic E-state index is -0.321. The van der Waals surface area contributed by atoms with Crippen molar-refractivity contribution in [2.45, 2.75) is 45.6 Å². The first kappa shape index (κ1) is 23.1. The van der Waals surface area contributed by atoms with Gasteiger partial charge < -0.3 is 9.80 Å². The Labute approximate surface area is 200 Å². The van der Waals surface area contributed by atoms with Gasteiger partial charge in [0.2, 0.25) is 5.91 Å². The second-order valence-corrected chi connectivity index (χ2v) is 8.92. The third-order valence-electron chi connectivity index (χ3n) is 6.44. The van der Waals surface area contributed by atoms with Gasteiger partial charge in [-0.2, -0.15) is 0 Å². The second kappa shape index (κ2) is 9.80. The molecule has 4 nitrogen and oxygen atoms in total. The van der Waals surface area contributed by atoms with Gasteiger partial charge in [0.25, 0.3) is 5.91 Å². The minimum absolute atomic E-state index is 0.0337. The zero-order chi connectivity index (χ0) is 23.5. The van der Waals surface area contributed by atoms with Crippen LogP contribution in [-0.2, 0) is 11.2 Å². The van der Waals surface area contributed by atoms with Crippen molar-refractivity contribution in [3.05, 3.63) is 94.5 Å². The molecule has 4 rings (SSSR count). The van der Waals surface area contributed by atoms with Crippen molar-refractivity contribution in [1.82, 2.24) is 0 Å². The number of aryl methyl sites for hydroxylation is 1. The van der Waals surface area contributed by atoms with Gasteiger partial charge in [-0.15, -0.1) is 0 Å². The van der Waals surface area contributed by atoms with E-state index in [2.05, 4.69) is 6.92 Å². The molecule has 0 saturated carbocycles. The summed E-state index contributed by atoms with van der Waals surface area (Å²) in [6.45, 7) is 6.65. The van der Waals surface area contributed by atoms with Crippen molar-refractivity contribution >= 4 is 34.8 Å². The van der Waals surface area contributed by atoms with Crippen LogP contribution < -0.4 is 9.80 Å². The highest BCUT2D eigenvalue weighted by atomic mass is 35.5. The summed E-state index contributed by atoms with van der Waals surface area (Å²) in [4.78, 5) is 30.9. The van der Waals surface area contributed by atoms with E-state index in [0.29, 0.717) is 23.6 Å². The van der Waals surface area contributed by atoms with Gasteiger partial charge in [0.05, 0.1) is 5.92 Å². The van der Waals surface area contributed by atoms with Crippen LogP contribution in [-0.4, -0.2) is 24.4 Å². The van der Waals surface area contributed by atoms with Crippen molar-refractivity contribution in [2.75, 3.05) is 16.3 Å². The summed E-state index contributed by atoms with van der Waals surface area (Å²) in [5.74, 6) is -0.314. The quantitative estimate of drug-likeness (QED) is 0.437. The zero-order valence-corrected chi connectivity index (χ0v) is 20.0. The fraction of sp³-hybridized carbons (Fsp3) is 0.286. The minimum Gasteiger partial charge on any atom is -0.312 e. The van der Waals surface area contributed by atoms with Gasteiger partial charge in [-0.3, -0.25) is 9.59 Å². The molecule has 1 aliphatic heterocycles. The number of halogens is 1. The lowest BCUT2D eigenvalue weighted by Crippen LogP contribution is -2.46. The van der Waals surface area contributed by atoms with Crippen LogP contribution in [0.4, 0.5) is 11.4 Å². The Morgan fingerprint density at radius 1 is 0.970 bits per heavy atom. The molecule has 2 unspecified atom stereocenters. The summed E-state index contributed by atoms with van der Waals surface area (Å²) in [7, 11) is 0. The molecule has 0 bridgehead atoms. The summed E-state index contributed by atoms with van der Waals surface area (Å²) in [5.41, 5.74) is 4.39. The van der Waals surface area contributed by atoms with Crippen LogP contribution in [0.1, 0.15) is 54.6 Å². The molecule has 2 atom stereocenters. The number of hydrogen-bond acceptors (Lipinski definition) is 2. The average Bonchev–Trinajstić information content (AvgIpc) is 2.84. The monoisotopic (exact) mass is 460 g/mol. The highest BCUT2D eigenvalue weighted by molar-refractivity contribution is 6.30. The standard InChI is InChI=1S/C28H29ClN2O2/c1-4-20-10-12-21(13-11-20)27(32)31-19(3)18-25(24-8-6-7-9-26(24)31)28(33)30(5-2)23-16-14-22(29)15-17-23/h6-17,19,25H,4-5,18H2,1-3H3. The maximum absolute atomic E-state index is 13.7. The highest BCUT2D eigenvalue weighted by Crippen LogP contribution is 2.40. The smallest absolute Gasteiger partial charge is 0.258 e. The molecule has 2 amide bonds. The van der Waals surface area contributed by atoms with Crippen LogP contribution in [0.5, 0.6) is 0 Å². The number of rotatable bonds is 5. The molecule has 0 spiro atoms. The lowest BCUT2D eigenvalue weighted by molar-refractivity contribution is -0.120. The molecular weight excluding hydrogens is 432 g/mol. The molecule has 170 valence electrons. The summed E-state index contributed by atoms with van der Waals surface area (Å²) in [6, 6.07) is 22.8.